The van der Waals surface area contributed by atoms with E-state index in [4.69, 9.17) is 18.6 Å². The van der Waals surface area contributed by atoms with Gasteiger partial charge in [0.15, 0.2) is 0 Å². The molecular weight excluding hydrogens is 388 g/mol. The predicted octanol–water partition coefficient (Wildman–Crippen LogP) is 4.55. The smallest absolute Gasteiger partial charge is 0.263 e. The highest BCUT2D eigenvalue weighted by Gasteiger charge is 2.52. The molecule has 0 bridgehead atoms. The summed E-state index contributed by atoms with van der Waals surface area (Å²) in [5.41, 5.74) is -0.0653. The van der Waals surface area contributed by atoms with Crippen molar-refractivity contribution in [1.82, 2.24) is 0 Å². The van der Waals surface area contributed by atoms with Crippen LogP contribution in [-0.2, 0) is 0 Å². The van der Waals surface area contributed by atoms with E-state index in [1.54, 1.807) is 61.5 Å². The monoisotopic (exact) mass is 404 g/mol. The fraction of sp³-hybridized carbons (Fsp3) is 0.136. The Kier molecular flexibility index (Phi) is 5.39. The van der Waals surface area contributed by atoms with E-state index in [0.717, 1.165) is 0 Å². The van der Waals surface area contributed by atoms with Crippen LogP contribution in [0.15, 0.2) is 66.4 Å². The van der Waals surface area contributed by atoms with Crippen LogP contribution in [0.5, 0.6) is 0 Å². The lowest BCUT2D eigenvalue weighted by molar-refractivity contribution is -0.540. The Hall–Kier alpha value is -3.63. The van der Waals surface area contributed by atoms with Crippen molar-refractivity contribution < 1.29 is 9.85 Å². The van der Waals surface area contributed by atoms with Gasteiger partial charge in [-0.15, -0.1) is 6.42 Å². The van der Waals surface area contributed by atoms with Crippen LogP contribution in [0.25, 0.3) is 11.1 Å². The molecule has 0 saturated heterocycles. The molecule has 1 atom stereocenters. The molecule has 0 N–H and O–H groups in total. The van der Waals surface area contributed by atoms with Crippen molar-refractivity contribution in [2.75, 3.05) is 0 Å². The Labute approximate surface area is 172 Å². The van der Waals surface area contributed by atoms with E-state index < -0.39 is 21.8 Å². The number of nitro groups is 2. The normalized spacial score (nSPS) is 18.6. The van der Waals surface area contributed by atoms with Crippen LogP contribution in [0.2, 0.25) is 0 Å². The summed E-state index contributed by atoms with van der Waals surface area (Å²) in [6.45, 7) is 1.73. The van der Waals surface area contributed by atoms with E-state index >= 15 is 0 Å². The first-order valence-electron chi connectivity index (χ1n) is 8.69. The second kappa shape index (κ2) is 7.78. The summed E-state index contributed by atoms with van der Waals surface area (Å²) in [6, 6.07) is 15.7. The third-order valence-electron chi connectivity index (χ3n) is 4.92. The molecule has 144 valence electrons. The second-order valence-electron chi connectivity index (χ2n) is 6.58. The summed E-state index contributed by atoms with van der Waals surface area (Å²) in [7, 11) is 0. The molecule has 0 heterocycles. The second-order valence-corrected chi connectivity index (χ2v) is 7.19. The average molecular weight is 404 g/mol. The number of hydrogen-bond donors (Lipinski definition) is 0. The Bertz CT molecular complexity index is 1130. The van der Waals surface area contributed by atoms with Crippen molar-refractivity contribution in [3.8, 4) is 12.3 Å². The summed E-state index contributed by atoms with van der Waals surface area (Å²) < 4.78 is 0. The zero-order valence-corrected chi connectivity index (χ0v) is 16.3. The van der Waals surface area contributed by atoms with Gasteiger partial charge < -0.3 is 0 Å². The van der Waals surface area contributed by atoms with Gasteiger partial charge in [-0.05, 0) is 35.6 Å². The standard InChI is InChI=1S/C22H16N2O4S/c1-3-22(24(27)28)14-21(23(25)26)19(13-20(22)16-9-5-4-6-10-16)18-12-8-7-11-17(18)15(2)29/h1,4-13H,14H2,2H3. The third kappa shape index (κ3) is 3.46. The quantitative estimate of drug-likeness (QED) is 0.240. The van der Waals surface area contributed by atoms with Crippen LogP contribution in [0.4, 0.5) is 0 Å². The highest BCUT2D eigenvalue weighted by molar-refractivity contribution is 7.80. The van der Waals surface area contributed by atoms with Crippen LogP contribution >= 0.6 is 12.2 Å². The molecule has 1 aliphatic rings. The van der Waals surface area contributed by atoms with Gasteiger partial charge in [0.2, 0.25) is 0 Å². The lowest BCUT2D eigenvalue weighted by Crippen LogP contribution is -2.41. The van der Waals surface area contributed by atoms with Gasteiger partial charge in [-0.2, -0.15) is 0 Å². The van der Waals surface area contributed by atoms with Crippen molar-refractivity contribution in [3.05, 3.63) is 103 Å². The number of thiocarbonyl (C=S) groups is 1. The van der Waals surface area contributed by atoms with Crippen LogP contribution < -0.4 is 0 Å². The fourth-order valence-corrected chi connectivity index (χ4v) is 3.66. The highest BCUT2D eigenvalue weighted by atomic mass is 32.1. The van der Waals surface area contributed by atoms with Gasteiger partial charge in [0, 0.05) is 9.79 Å². The van der Waals surface area contributed by atoms with E-state index in [-0.39, 0.29) is 16.8 Å². The van der Waals surface area contributed by atoms with Crippen molar-refractivity contribution in [2.45, 2.75) is 18.9 Å². The summed E-state index contributed by atoms with van der Waals surface area (Å²) in [5.74, 6) is 2.23. The minimum atomic E-state index is -2.03. The average Bonchev–Trinajstić information content (AvgIpc) is 2.73. The molecule has 6 nitrogen and oxygen atoms in total. The molecular formula is C22H16N2O4S. The Morgan fingerprint density at radius 3 is 2.28 bits per heavy atom. The topological polar surface area (TPSA) is 86.3 Å². The predicted molar refractivity (Wildman–Crippen MR) is 115 cm³/mol. The van der Waals surface area contributed by atoms with E-state index in [2.05, 4.69) is 5.92 Å². The molecule has 0 radical (unpaired) electrons. The van der Waals surface area contributed by atoms with Gasteiger partial charge in [-0.3, -0.25) is 20.2 Å². The van der Waals surface area contributed by atoms with Crippen molar-refractivity contribution in [3.63, 3.8) is 0 Å². The molecule has 0 fully saturated rings. The molecule has 0 amide bonds. The van der Waals surface area contributed by atoms with E-state index in [1.807, 2.05) is 0 Å². The number of benzene rings is 2. The summed E-state index contributed by atoms with van der Waals surface area (Å²) >= 11 is 5.30. The van der Waals surface area contributed by atoms with Crippen LogP contribution in [0.3, 0.4) is 0 Å². The van der Waals surface area contributed by atoms with Gasteiger partial charge in [0.1, 0.15) is 6.42 Å². The lowest BCUT2D eigenvalue weighted by Gasteiger charge is -2.27. The van der Waals surface area contributed by atoms with Gasteiger partial charge >= 0.3 is 5.54 Å². The maximum Gasteiger partial charge on any atom is 0.316 e. The molecule has 3 rings (SSSR count). The molecule has 0 aromatic heterocycles. The minimum Gasteiger partial charge on any atom is -0.263 e. The van der Waals surface area contributed by atoms with Gasteiger partial charge in [0.05, 0.1) is 16.1 Å². The minimum absolute atomic E-state index is 0.239. The zero-order chi connectivity index (χ0) is 21.2. The van der Waals surface area contributed by atoms with Gasteiger partial charge in [-0.25, -0.2) is 0 Å². The molecule has 29 heavy (non-hydrogen) atoms. The van der Waals surface area contributed by atoms with E-state index in [9.17, 15) is 20.2 Å². The van der Waals surface area contributed by atoms with E-state index in [1.165, 1.54) is 6.08 Å². The van der Waals surface area contributed by atoms with Crippen molar-refractivity contribution in [2.24, 2.45) is 0 Å². The fourth-order valence-electron chi connectivity index (χ4n) is 3.49. The maximum atomic E-state index is 12.0. The first-order valence-corrected chi connectivity index (χ1v) is 9.10. The number of hydrogen-bond acceptors (Lipinski definition) is 5. The van der Waals surface area contributed by atoms with Crippen LogP contribution in [0.1, 0.15) is 30.0 Å². The number of nitrogens with zero attached hydrogens (tertiary/aromatic N) is 2. The Morgan fingerprint density at radius 1 is 1.10 bits per heavy atom. The molecule has 0 saturated carbocycles. The largest absolute Gasteiger partial charge is 0.316 e. The molecule has 1 aliphatic carbocycles. The van der Waals surface area contributed by atoms with Gasteiger partial charge in [-0.1, -0.05) is 66.8 Å². The number of terminal acetylenes is 1. The third-order valence-corrected chi connectivity index (χ3v) is 5.14. The lowest BCUT2D eigenvalue weighted by atomic mass is 9.75. The first-order chi connectivity index (χ1) is 13.8. The number of allylic oxidation sites excluding steroid dienone is 2. The summed E-state index contributed by atoms with van der Waals surface area (Å²) in [5, 5.41) is 23.9. The SMILES string of the molecule is C#CC1([N+](=O)[O-])CC([N+](=O)[O-])=C(c2ccccc2C(C)=S)C=C1c1ccccc1. The molecule has 7 heteroatoms. The summed E-state index contributed by atoms with van der Waals surface area (Å²) in [4.78, 5) is 23.3. The molecule has 0 spiro atoms. The molecule has 0 aliphatic heterocycles. The van der Waals surface area contributed by atoms with Crippen molar-refractivity contribution >= 4 is 28.2 Å². The first kappa shape index (κ1) is 20.1. The van der Waals surface area contributed by atoms with E-state index in [0.29, 0.717) is 21.6 Å². The Balaban J connectivity index is 2.39. The van der Waals surface area contributed by atoms with Crippen LogP contribution in [-0.4, -0.2) is 20.3 Å². The molecule has 2 aromatic rings. The summed E-state index contributed by atoms with van der Waals surface area (Å²) in [6.07, 6.45) is 6.54. The zero-order valence-electron chi connectivity index (χ0n) is 15.5. The maximum absolute atomic E-state index is 12.0. The van der Waals surface area contributed by atoms with Crippen molar-refractivity contribution in [1.29, 1.82) is 0 Å². The highest BCUT2D eigenvalue weighted by Crippen LogP contribution is 2.44. The molecule has 2 aromatic carbocycles. The number of rotatable bonds is 5. The van der Waals surface area contributed by atoms with Crippen LogP contribution in [0, 0.1) is 32.6 Å². The van der Waals surface area contributed by atoms with Gasteiger partial charge in [0.25, 0.3) is 5.70 Å². The molecule has 1 unspecified atom stereocenters. The Morgan fingerprint density at radius 2 is 1.72 bits per heavy atom.